The molecule has 1 aromatic rings. The van der Waals surface area contributed by atoms with E-state index in [2.05, 4.69) is 9.97 Å². The first-order valence-corrected chi connectivity index (χ1v) is 8.28. The second kappa shape index (κ2) is 5.98. The summed E-state index contributed by atoms with van der Waals surface area (Å²) in [5.41, 5.74) is 0.415. The molecule has 0 spiro atoms. The van der Waals surface area contributed by atoms with Crippen LogP contribution in [0.15, 0.2) is 12.4 Å². The van der Waals surface area contributed by atoms with Crippen LogP contribution in [0.4, 0.5) is 4.79 Å². The van der Waals surface area contributed by atoms with Crippen molar-refractivity contribution < 1.29 is 14.3 Å². The van der Waals surface area contributed by atoms with Crippen LogP contribution in [0.3, 0.4) is 0 Å². The second-order valence-corrected chi connectivity index (χ2v) is 7.48. The Hall–Kier alpha value is -1.85. The molecule has 2 bridgehead atoms. The number of carbonyl (C=O) groups is 1. The van der Waals surface area contributed by atoms with Crippen LogP contribution < -0.4 is 4.74 Å². The van der Waals surface area contributed by atoms with E-state index < -0.39 is 5.60 Å². The molecule has 3 atom stereocenters. The normalized spacial score (nSPS) is 27.0. The van der Waals surface area contributed by atoms with Gasteiger partial charge in [-0.3, -0.25) is 4.98 Å². The molecule has 1 amide bonds. The number of aromatic nitrogens is 2. The van der Waals surface area contributed by atoms with E-state index in [0.29, 0.717) is 5.88 Å². The maximum atomic E-state index is 12.4. The third-order valence-corrected chi connectivity index (χ3v) is 4.34. The van der Waals surface area contributed by atoms with Crippen molar-refractivity contribution in [1.82, 2.24) is 14.9 Å². The summed E-state index contributed by atoms with van der Waals surface area (Å²) in [6, 6.07) is 0.402. The van der Waals surface area contributed by atoms with Crippen molar-refractivity contribution >= 4 is 6.09 Å². The van der Waals surface area contributed by atoms with Gasteiger partial charge in [-0.25, -0.2) is 9.78 Å². The molecule has 0 radical (unpaired) electrons. The summed E-state index contributed by atoms with van der Waals surface area (Å²) in [5, 5.41) is 0. The van der Waals surface area contributed by atoms with Crippen LogP contribution >= 0.6 is 0 Å². The van der Waals surface area contributed by atoms with Crippen molar-refractivity contribution in [3.63, 3.8) is 0 Å². The number of rotatable bonds is 2. The molecule has 3 heterocycles. The fourth-order valence-corrected chi connectivity index (χ4v) is 3.45. The van der Waals surface area contributed by atoms with E-state index in [1.54, 1.807) is 12.4 Å². The van der Waals surface area contributed by atoms with Crippen molar-refractivity contribution in [2.75, 3.05) is 0 Å². The summed E-state index contributed by atoms with van der Waals surface area (Å²) in [5.74, 6) is 0.561. The highest BCUT2D eigenvalue weighted by Crippen LogP contribution is 2.38. The number of hydrogen-bond donors (Lipinski definition) is 0. The number of amides is 1. The molecule has 0 aromatic carbocycles. The van der Waals surface area contributed by atoms with E-state index in [1.807, 2.05) is 32.6 Å². The first-order chi connectivity index (χ1) is 10.8. The number of fused-ring (bicyclic) bond motifs is 2. The SMILES string of the molecule is Cc1cnc(O[C@H]2C[C@H]3CC[C@@H](C2)N3C(=O)OC(C)(C)C)cn1. The van der Waals surface area contributed by atoms with Crippen LogP contribution in [-0.4, -0.2) is 44.7 Å². The Labute approximate surface area is 137 Å². The lowest BCUT2D eigenvalue weighted by Gasteiger charge is -2.39. The molecule has 6 nitrogen and oxygen atoms in total. The molecule has 2 saturated heterocycles. The topological polar surface area (TPSA) is 64.5 Å². The van der Waals surface area contributed by atoms with Gasteiger partial charge in [-0.15, -0.1) is 0 Å². The summed E-state index contributed by atoms with van der Waals surface area (Å²) in [6.07, 6.45) is 6.95. The number of nitrogens with zero attached hydrogens (tertiary/aromatic N) is 3. The lowest BCUT2D eigenvalue weighted by atomic mass is 10.0. The molecule has 23 heavy (non-hydrogen) atoms. The highest BCUT2D eigenvalue weighted by atomic mass is 16.6. The number of ether oxygens (including phenoxy) is 2. The maximum absolute atomic E-state index is 12.4. The first kappa shape index (κ1) is 16.0. The van der Waals surface area contributed by atoms with Gasteiger partial charge in [0, 0.05) is 24.9 Å². The quantitative estimate of drug-likeness (QED) is 0.838. The Bertz CT molecular complexity index is 553. The zero-order valence-corrected chi connectivity index (χ0v) is 14.3. The summed E-state index contributed by atoms with van der Waals surface area (Å²) in [4.78, 5) is 22.8. The van der Waals surface area contributed by atoms with Crippen LogP contribution in [0.5, 0.6) is 5.88 Å². The number of aryl methyl sites for hydroxylation is 1. The van der Waals surface area contributed by atoms with Crippen molar-refractivity contribution in [3.8, 4) is 5.88 Å². The Morgan fingerprint density at radius 2 is 1.83 bits per heavy atom. The minimum absolute atomic E-state index is 0.0863. The molecule has 0 aliphatic carbocycles. The van der Waals surface area contributed by atoms with Crippen molar-refractivity contribution in [2.45, 2.75) is 77.2 Å². The largest absolute Gasteiger partial charge is 0.473 e. The predicted octanol–water partition coefficient (Wildman–Crippen LogP) is 3.09. The van der Waals surface area contributed by atoms with Crippen LogP contribution in [0.1, 0.15) is 52.1 Å². The molecule has 2 aliphatic rings. The second-order valence-electron chi connectivity index (χ2n) is 7.48. The third-order valence-electron chi connectivity index (χ3n) is 4.34. The summed E-state index contributed by atoms with van der Waals surface area (Å²) >= 11 is 0. The van der Waals surface area contributed by atoms with Crippen LogP contribution in [0.25, 0.3) is 0 Å². The van der Waals surface area contributed by atoms with Gasteiger partial charge in [-0.05, 0) is 40.5 Å². The number of hydrogen-bond acceptors (Lipinski definition) is 5. The van der Waals surface area contributed by atoms with E-state index in [4.69, 9.17) is 9.47 Å². The minimum atomic E-state index is -0.457. The zero-order chi connectivity index (χ0) is 16.6. The summed E-state index contributed by atoms with van der Waals surface area (Å²) in [7, 11) is 0. The molecule has 126 valence electrons. The zero-order valence-electron chi connectivity index (χ0n) is 14.3. The van der Waals surface area contributed by atoms with Gasteiger partial charge >= 0.3 is 6.09 Å². The molecule has 2 aliphatic heterocycles. The Balaban J connectivity index is 1.62. The van der Waals surface area contributed by atoms with E-state index in [0.717, 1.165) is 31.4 Å². The number of carbonyl (C=O) groups excluding carboxylic acids is 1. The molecule has 6 heteroatoms. The molecular weight excluding hydrogens is 294 g/mol. The average Bonchev–Trinajstić information content (AvgIpc) is 2.72. The van der Waals surface area contributed by atoms with E-state index in [9.17, 15) is 4.79 Å². The fraction of sp³-hybridized carbons (Fsp3) is 0.706. The smallest absolute Gasteiger partial charge is 0.410 e. The third kappa shape index (κ3) is 3.74. The molecule has 3 rings (SSSR count). The Morgan fingerprint density at radius 1 is 1.17 bits per heavy atom. The lowest BCUT2D eigenvalue weighted by molar-refractivity contribution is -0.00765. The van der Waals surface area contributed by atoms with Gasteiger partial charge in [-0.2, -0.15) is 0 Å². The Kier molecular flexibility index (Phi) is 4.17. The molecule has 0 N–H and O–H groups in total. The lowest BCUT2D eigenvalue weighted by Crippen LogP contribution is -2.50. The van der Waals surface area contributed by atoms with Crippen molar-refractivity contribution in [1.29, 1.82) is 0 Å². The van der Waals surface area contributed by atoms with Crippen LogP contribution in [0.2, 0.25) is 0 Å². The fourth-order valence-electron chi connectivity index (χ4n) is 3.45. The maximum Gasteiger partial charge on any atom is 0.410 e. The van der Waals surface area contributed by atoms with Gasteiger partial charge in [0.15, 0.2) is 0 Å². The van der Waals surface area contributed by atoms with Gasteiger partial charge in [0.2, 0.25) is 5.88 Å². The Morgan fingerprint density at radius 3 is 2.35 bits per heavy atom. The molecule has 2 fully saturated rings. The molecule has 0 saturated carbocycles. The van der Waals surface area contributed by atoms with E-state index in [-0.39, 0.29) is 24.3 Å². The summed E-state index contributed by atoms with van der Waals surface area (Å²) < 4.78 is 11.5. The van der Waals surface area contributed by atoms with Crippen LogP contribution in [0, 0.1) is 6.92 Å². The molecule has 0 unspecified atom stereocenters. The van der Waals surface area contributed by atoms with Gasteiger partial charge in [0.1, 0.15) is 11.7 Å². The molecule has 1 aromatic heterocycles. The number of piperidine rings is 1. The minimum Gasteiger partial charge on any atom is -0.473 e. The highest BCUT2D eigenvalue weighted by molar-refractivity contribution is 5.69. The van der Waals surface area contributed by atoms with E-state index >= 15 is 0 Å². The van der Waals surface area contributed by atoms with Gasteiger partial charge < -0.3 is 14.4 Å². The van der Waals surface area contributed by atoms with Crippen molar-refractivity contribution in [2.24, 2.45) is 0 Å². The van der Waals surface area contributed by atoms with E-state index in [1.165, 1.54) is 0 Å². The predicted molar refractivity (Wildman–Crippen MR) is 85.3 cm³/mol. The first-order valence-electron chi connectivity index (χ1n) is 8.28. The van der Waals surface area contributed by atoms with Crippen molar-refractivity contribution in [3.05, 3.63) is 18.1 Å². The van der Waals surface area contributed by atoms with Crippen LogP contribution in [-0.2, 0) is 4.74 Å². The summed E-state index contributed by atoms with van der Waals surface area (Å²) in [6.45, 7) is 7.60. The standard InChI is InChI=1S/C17H25N3O3/c1-11-9-19-15(10-18-11)22-14-7-12-5-6-13(8-14)20(12)16(21)23-17(2,3)4/h9-10,12-14H,5-8H2,1-4H3/t12-,13+,14+. The average molecular weight is 319 g/mol. The molecular formula is C17H25N3O3. The van der Waals surface area contributed by atoms with Gasteiger partial charge in [0.05, 0.1) is 18.1 Å². The highest BCUT2D eigenvalue weighted by Gasteiger charge is 2.45. The van der Waals surface area contributed by atoms with Gasteiger partial charge in [0.25, 0.3) is 0 Å². The van der Waals surface area contributed by atoms with Gasteiger partial charge in [-0.1, -0.05) is 0 Å². The monoisotopic (exact) mass is 319 g/mol.